The molecule has 1 atom stereocenters. The molecule has 136 valence electrons. The number of rotatable bonds is 3. The van der Waals surface area contributed by atoms with Gasteiger partial charge in [-0.1, -0.05) is 35.9 Å². The lowest BCUT2D eigenvalue weighted by atomic mass is 10.0. The number of thiazole rings is 1. The Labute approximate surface area is 165 Å². The molecule has 1 aliphatic heterocycles. The van der Waals surface area contributed by atoms with Crippen LogP contribution in [0, 0.1) is 0 Å². The maximum atomic E-state index is 11.6. The first kappa shape index (κ1) is 17.7. The van der Waals surface area contributed by atoms with E-state index < -0.39 is 0 Å². The molecule has 1 aliphatic rings. The van der Waals surface area contributed by atoms with E-state index in [2.05, 4.69) is 5.32 Å². The van der Waals surface area contributed by atoms with Crippen molar-refractivity contribution in [2.45, 2.75) is 13.0 Å². The summed E-state index contributed by atoms with van der Waals surface area (Å²) < 4.78 is 4.73. The van der Waals surface area contributed by atoms with Crippen LogP contribution in [0.25, 0.3) is 11.3 Å². The average Bonchev–Trinajstić information content (AvgIpc) is 3.18. The van der Waals surface area contributed by atoms with Crippen LogP contribution in [0.2, 0.25) is 5.02 Å². The Hall–Kier alpha value is -2.70. The molecule has 4 rings (SSSR count). The number of para-hydroxylation sites is 1. The van der Waals surface area contributed by atoms with E-state index in [4.69, 9.17) is 26.3 Å². The Bertz CT molecular complexity index is 1040. The molecule has 2 heterocycles. The maximum absolute atomic E-state index is 11.6. The maximum Gasteiger partial charge on any atom is 0.337 e. The van der Waals surface area contributed by atoms with Crippen molar-refractivity contribution < 1.29 is 9.53 Å². The SMILES string of the molecule is COC(=O)c1ccc(-c2csc(C3=NC(C)c4cccc(Cl)c4N3)n2)cc1. The molecule has 2 aromatic carbocycles. The number of aliphatic imine (C=N–C) groups is 1. The van der Waals surface area contributed by atoms with Crippen LogP contribution < -0.4 is 5.32 Å². The molecule has 0 saturated heterocycles. The Balaban J connectivity index is 1.62. The molecule has 0 aliphatic carbocycles. The van der Waals surface area contributed by atoms with E-state index in [9.17, 15) is 4.79 Å². The first-order valence-corrected chi connectivity index (χ1v) is 9.60. The largest absolute Gasteiger partial charge is 0.465 e. The summed E-state index contributed by atoms with van der Waals surface area (Å²) in [6.07, 6.45) is 0. The molecular formula is C20H16ClN3O2S. The fourth-order valence-corrected chi connectivity index (χ4v) is 3.96. The molecule has 0 bridgehead atoms. The van der Waals surface area contributed by atoms with E-state index in [0.29, 0.717) is 16.4 Å². The van der Waals surface area contributed by atoms with E-state index in [1.165, 1.54) is 18.4 Å². The average molecular weight is 398 g/mol. The lowest BCUT2D eigenvalue weighted by molar-refractivity contribution is 0.0601. The monoisotopic (exact) mass is 397 g/mol. The molecule has 1 aromatic heterocycles. The quantitative estimate of drug-likeness (QED) is 0.618. The lowest BCUT2D eigenvalue weighted by Gasteiger charge is -2.22. The molecule has 0 spiro atoms. The van der Waals surface area contributed by atoms with E-state index in [1.54, 1.807) is 12.1 Å². The summed E-state index contributed by atoms with van der Waals surface area (Å²) in [5.74, 6) is 0.358. The van der Waals surface area contributed by atoms with Gasteiger partial charge in [0.15, 0.2) is 10.8 Å². The number of fused-ring (bicyclic) bond motifs is 1. The number of carbonyl (C=O) groups is 1. The predicted octanol–water partition coefficient (Wildman–Crippen LogP) is 5.18. The smallest absolute Gasteiger partial charge is 0.337 e. The molecule has 3 aromatic rings. The zero-order valence-corrected chi connectivity index (χ0v) is 16.3. The van der Waals surface area contributed by atoms with Crippen molar-refractivity contribution in [1.82, 2.24) is 4.98 Å². The highest BCUT2D eigenvalue weighted by Crippen LogP contribution is 2.36. The van der Waals surface area contributed by atoms with Crippen LogP contribution in [0.4, 0.5) is 5.69 Å². The molecule has 0 fully saturated rings. The number of hydrogen-bond acceptors (Lipinski definition) is 6. The summed E-state index contributed by atoms with van der Waals surface area (Å²) in [5, 5.41) is 6.74. The summed E-state index contributed by atoms with van der Waals surface area (Å²) in [5.41, 5.74) is 4.22. The second kappa shape index (κ2) is 7.13. The van der Waals surface area contributed by atoms with Crippen molar-refractivity contribution in [3.05, 3.63) is 69.0 Å². The fourth-order valence-electron chi connectivity index (χ4n) is 2.95. The van der Waals surface area contributed by atoms with Crippen molar-refractivity contribution >= 4 is 40.4 Å². The van der Waals surface area contributed by atoms with Crippen LogP contribution in [0.3, 0.4) is 0 Å². The van der Waals surface area contributed by atoms with Gasteiger partial charge >= 0.3 is 5.97 Å². The van der Waals surface area contributed by atoms with Crippen LogP contribution in [0.5, 0.6) is 0 Å². The van der Waals surface area contributed by atoms with Gasteiger partial charge in [-0.05, 0) is 25.1 Å². The van der Waals surface area contributed by atoms with Crippen molar-refractivity contribution in [3.63, 3.8) is 0 Å². The van der Waals surface area contributed by atoms with Gasteiger partial charge in [0.05, 0.1) is 35.1 Å². The fraction of sp³-hybridized carbons (Fsp3) is 0.150. The van der Waals surface area contributed by atoms with Gasteiger partial charge in [0.1, 0.15) is 0 Å². The minimum absolute atomic E-state index is 0.00152. The topological polar surface area (TPSA) is 63.6 Å². The predicted molar refractivity (Wildman–Crippen MR) is 109 cm³/mol. The summed E-state index contributed by atoms with van der Waals surface area (Å²) in [4.78, 5) is 21.0. The summed E-state index contributed by atoms with van der Waals surface area (Å²) >= 11 is 7.85. The summed E-state index contributed by atoms with van der Waals surface area (Å²) in [6.45, 7) is 2.04. The standard InChI is InChI=1S/C20H16ClN3O2S/c1-11-14-4-3-5-15(21)17(14)24-18(22-11)19-23-16(10-27-19)12-6-8-13(9-7-12)20(25)26-2/h3-11H,1-2H3,(H,22,24). The van der Waals surface area contributed by atoms with Crippen molar-refractivity contribution in [2.24, 2.45) is 4.99 Å². The van der Waals surface area contributed by atoms with Gasteiger partial charge in [-0.25, -0.2) is 9.78 Å². The van der Waals surface area contributed by atoms with Gasteiger partial charge < -0.3 is 10.1 Å². The highest BCUT2D eigenvalue weighted by Gasteiger charge is 2.22. The number of ether oxygens (including phenoxy) is 1. The molecule has 0 amide bonds. The van der Waals surface area contributed by atoms with E-state index >= 15 is 0 Å². The van der Waals surface area contributed by atoms with E-state index in [1.807, 2.05) is 42.6 Å². The van der Waals surface area contributed by atoms with Gasteiger partial charge in [-0.3, -0.25) is 4.99 Å². The highest BCUT2D eigenvalue weighted by molar-refractivity contribution is 7.12. The number of benzene rings is 2. The number of aromatic nitrogens is 1. The number of hydrogen-bond donors (Lipinski definition) is 1. The van der Waals surface area contributed by atoms with Crippen molar-refractivity contribution in [3.8, 4) is 11.3 Å². The lowest BCUT2D eigenvalue weighted by Crippen LogP contribution is -2.20. The third kappa shape index (κ3) is 3.34. The van der Waals surface area contributed by atoms with Gasteiger partial charge in [0, 0.05) is 16.5 Å². The number of nitrogens with zero attached hydrogens (tertiary/aromatic N) is 2. The second-order valence-corrected chi connectivity index (χ2v) is 7.35. The van der Waals surface area contributed by atoms with Gasteiger partial charge in [-0.15, -0.1) is 11.3 Å². The molecule has 5 nitrogen and oxygen atoms in total. The van der Waals surface area contributed by atoms with Gasteiger partial charge in [0.25, 0.3) is 0 Å². The third-order valence-corrected chi connectivity index (χ3v) is 5.53. The number of carbonyl (C=O) groups excluding carboxylic acids is 1. The van der Waals surface area contributed by atoms with Crippen LogP contribution in [0.1, 0.15) is 33.9 Å². The molecule has 1 unspecified atom stereocenters. The van der Waals surface area contributed by atoms with Crippen LogP contribution >= 0.6 is 22.9 Å². The first-order valence-electron chi connectivity index (χ1n) is 8.34. The number of methoxy groups -OCH3 is 1. The van der Waals surface area contributed by atoms with Crippen molar-refractivity contribution in [1.29, 1.82) is 0 Å². The molecule has 0 saturated carbocycles. The molecule has 27 heavy (non-hydrogen) atoms. The second-order valence-electron chi connectivity index (χ2n) is 6.09. The van der Waals surface area contributed by atoms with Crippen LogP contribution in [-0.2, 0) is 4.74 Å². The first-order chi connectivity index (χ1) is 13.1. The molecule has 7 heteroatoms. The van der Waals surface area contributed by atoms with Gasteiger partial charge in [-0.2, -0.15) is 0 Å². The summed E-state index contributed by atoms with van der Waals surface area (Å²) in [6, 6.07) is 13.0. The Morgan fingerprint density at radius 3 is 2.74 bits per heavy atom. The Morgan fingerprint density at radius 2 is 2.00 bits per heavy atom. The molecule has 1 N–H and O–H groups in total. The minimum atomic E-state index is -0.356. The number of amidine groups is 1. The highest BCUT2D eigenvalue weighted by atomic mass is 35.5. The zero-order valence-electron chi connectivity index (χ0n) is 14.7. The molecular weight excluding hydrogens is 382 g/mol. The Morgan fingerprint density at radius 1 is 1.22 bits per heavy atom. The molecule has 0 radical (unpaired) electrons. The minimum Gasteiger partial charge on any atom is -0.465 e. The normalized spacial score (nSPS) is 15.5. The summed E-state index contributed by atoms with van der Waals surface area (Å²) in [7, 11) is 1.37. The number of anilines is 1. The Kier molecular flexibility index (Phi) is 4.68. The zero-order chi connectivity index (χ0) is 19.0. The number of nitrogens with one attached hydrogen (secondary N) is 1. The third-order valence-electron chi connectivity index (χ3n) is 4.37. The van der Waals surface area contributed by atoms with E-state index in [0.717, 1.165) is 27.5 Å². The van der Waals surface area contributed by atoms with Crippen LogP contribution in [0.15, 0.2) is 52.8 Å². The van der Waals surface area contributed by atoms with E-state index in [-0.39, 0.29) is 12.0 Å². The number of halogens is 1. The van der Waals surface area contributed by atoms with Crippen molar-refractivity contribution in [2.75, 3.05) is 12.4 Å². The number of esters is 1. The van der Waals surface area contributed by atoms with Gasteiger partial charge in [0.2, 0.25) is 0 Å². The van der Waals surface area contributed by atoms with Crippen LogP contribution in [-0.4, -0.2) is 23.9 Å².